The lowest BCUT2D eigenvalue weighted by atomic mass is 9.91. The van der Waals surface area contributed by atoms with E-state index in [1.54, 1.807) is 12.1 Å². The number of hydrogen-bond donors (Lipinski definition) is 1. The first-order chi connectivity index (χ1) is 20.2. The largest absolute Gasteiger partial charge is 0.486 e. The molecule has 0 unspecified atom stereocenters. The van der Waals surface area contributed by atoms with Crippen LogP contribution in [-0.4, -0.2) is 53.2 Å². The summed E-state index contributed by atoms with van der Waals surface area (Å²) in [5.74, 6) is -0.00258. The van der Waals surface area contributed by atoms with Gasteiger partial charge in [-0.15, -0.1) is 0 Å². The quantitative estimate of drug-likeness (QED) is 0.288. The van der Waals surface area contributed by atoms with Gasteiger partial charge < -0.3 is 14.6 Å². The Morgan fingerprint density at radius 2 is 1.79 bits per heavy atom. The molecule has 230 valence electrons. The predicted octanol–water partition coefficient (Wildman–Crippen LogP) is 7.64. The molecule has 2 aliphatic heterocycles. The molecule has 1 N–H and O–H groups in total. The predicted molar refractivity (Wildman–Crippen MR) is 159 cm³/mol. The number of aliphatic carboxylic acids is 1. The van der Waals surface area contributed by atoms with Crippen molar-refractivity contribution in [3.63, 3.8) is 0 Å². The highest BCUT2D eigenvalue weighted by Gasteiger charge is 2.40. The average molecular weight is 638 g/mol. The summed E-state index contributed by atoms with van der Waals surface area (Å²) in [4.78, 5) is 14.9. The van der Waals surface area contributed by atoms with Gasteiger partial charge in [0.15, 0.2) is 0 Å². The highest BCUT2D eigenvalue weighted by atomic mass is 35.5. The SMILES string of the molecule is CC[C@@H](Oc1ccc([C@@]2(C)CN(C)Cc3cc4c(cc3O2)CN(CC(F)(F)F)[C@H](C(=O)O)C4)cc1)c1ccc(Cl)c(Cl)c1. The number of benzene rings is 3. The van der Waals surface area contributed by atoms with E-state index in [2.05, 4.69) is 4.90 Å². The van der Waals surface area contributed by atoms with Gasteiger partial charge in [0.1, 0.15) is 29.2 Å². The second-order valence-electron chi connectivity index (χ2n) is 11.5. The Kier molecular flexibility index (Phi) is 8.91. The van der Waals surface area contributed by atoms with E-state index >= 15 is 0 Å². The Hall–Kier alpha value is -2.98. The Morgan fingerprint density at radius 1 is 1.07 bits per heavy atom. The van der Waals surface area contributed by atoms with Crippen molar-refractivity contribution in [2.75, 3.05) is 20.1 Å². The molecular weight excluding hydrogens is 604 g/mol. The van der Waals surface area contributed by atoms with Crippen molar-refractivity contribution in [2.45, 2.75) is 63.7 Å². The van der Waals surface area contributed by atoms with E-state index in [9.17, 15) is 23.1 Å². The third kappa shape index (κ3) is 7.06. The van der Waals surface area contributed by atoms with Crippen LogP contribution >= 0.6 is 23.2 Å². The van der Waals surface area contributed by atoms with E-state index in [1.165, 1.54) is 0 Å². The normalized spacial score (nSPS) is 21.7. The van der Waals surface area contributed by atoms with Gasteiger partial charge in [0.05, 0.1) is 16.6 Å². The van der Waals surface area contributed by atoms with Gasteiger partial charge in [-0.25, -0.2) is 0 Å². The molecule has 3 aromatic rings. The zero-order valence-corrected chi connectivity index (χ0v) is 25.6. The van der Waals surface area contributed by atoms with Crippen LogP contribution < -0.4 is 9.47 Å². The third-order valence-electron chi connectivity index (χ3n) is 8.05. The minimum absolute atomic E-state index is 0.00253. The minimum atomic E-state index is -4.51. The van der Waals surface area contributed by atoms with Crippen LogP contribution in [0.5, 0.6) is 11.5 Å². The Morgan fingerprint density at radius 3 is 2.42 bits per heavy atom. The van der Waals surface area contributed by atoms with Crippen LogP contribution in [0.15, 0.2) is 54.6 Å². The summed E-state index contributed by atoms with van der Waals surface area (Å²) < 4.78 is 52.7. The van der Waals surface area contributed by atoms with Crippen LogP contribution in [0.25, 0.3) is 0 Å². The number of carbonyl (C=O) groups is 1. The lowest BCUT2D eigenvalue weighted by Crippen LogP contribution is -2.49. The van der Waals surface area contributed by atoms with Crippen LogP contribution in [0.1, 0.15) is 54.2 Å². The maximum absolute atomic E-state index is 13.3. The van der Waals surface area contributed by atoms with Crippen LogP contribution in [0.3, 0.4) is 0 Å². The molecule has 0 aliphatic carbocycles. The number of fused-ring (bicyclic) bond motifs is 2. The van der Waals surface area contributed by atoms with Crippen LogP contribution in [0, 0.1) is 0 Å². The van der Waals surface area contributed by atoms with Crippen molar-refractivity contribution in [3.8, 4) is 11.5 Å². The number of nitrogens with zero attached hydrogens (tertiary/aromatic N) is 2. The van der Waals surface area contributed by atoms with E-state index in [1.807, 2.05) is 63.4 Å². The van der Waals surface area contributed by atoms with Crippen molar-refractivity contribution in [1.82, 2.24) is 9.80 Å². The number of alkyl halides is 3. The monoisotopic (exact) mass is 636 g/mol. The minimum Gasteiger partial charge on any atom is -0.486 e. The summed E-state index contributed by atoms with van der Waals surface area (Å²) in [5.41, 5.74) is 3.30. The summed E-state index contributed by atoms with van der Waals surface area (Å²) in [6.45, 7) is 3.68. The molecule has 3 aromatic carbocycles. The number of hydrogen-bond acceptors (Lipinski definition) is 5. The average Bonchev–Trinajstić information content (AvgIpc) is 3.05. The number of carboxylic acids is 1. The Labute approximate surface area is 258 Å². The lowest BCUT2D eigenvalue weighted by Gasteiger charge is -2.36. The van der Waals surface area contributed by atoms with Gasteiger partial charge in [-0.05, 0) is 79.4 Å². The van der Waals surface area contributed by atoms with Gasteiger partial charge in [-0.1, -0.05) is 54.4 Å². The summed E-state index contributed by atoms with van der Waals surface area (Å²) >= 11 is 12.3. The lowest BCUT2D eigenvalue weighted by molar-refractivity contribution is -0.163. The van der Waals surface area contributed by atoms with Gasteiger partial charge in [-0.2, -0.15) is 13.2 Å². The molecule has 0 amide bonds. The van der Waals surface area contributed by atoms with Gasteiger partial charge in [0.25, 0.3) is 0 Å². The molecule has 5 rings (SSSR count). The molecule has 0 saturated carbocycles. The zero-order valence-electron chi connectivity index (χ0n) is 24.0. The molecule has 3 atom stereocenters. The Balaban J connectivity index is 1.39. The van der Waals surface area contributed by atoms with Gasteiger partial charge in [-0.3, -0.25) is 14.6 Å². The second-order valence-corrected chi connectivity index (χ2v) is 12.3. The van der Waals surface area contributed by atoms with E-state index in [-0.39, 0.29) is 19.1 Å². The number of carboxylic acid groups (broad SMARTS) is 1. The number of rotatable bonds is 7. The van der Waals surface area contributed by atoms with Gasteiger partial charge in [0.2, 0.25) is 0 Å². The molecular formula is C32H33Cl2F3N2O4. The first kappa shape index (κ1) is 31.4. The fourth-order valence-electron chi connectivity index (χ4n) is 6.02. The Bertz CT molecular complexity index is 1500. The standard InChI is InChI=1S/C32H33Cl2F3N2O4/c1-4-28(19-5-10-25(33)26(34)12-19)42-24-8-6-23(7-9-24)31(2)17-38(3)15-22-11-20-13-27(30(40)41)39(18-32(35,36)37)16-21(20)14-29(22)43-31/h5-12,14,27-28H,4,13,15-18H2,1-3H3,(H,40,41)/t27-,28+,31+/m0/s1. The number of ether oxygens (including phenoxy) is 2. The van der Waals surface area contributed by atoms with Gasteiger partial charge >= 0.3 is 12.1 Å². The highest BCUT2D eigenvalue weighted by molar-refractivity contribution is 6.42. The van der Waals surface area contributed by atoms with E-state index in [0.29, 0.717) is 40.2 Å². The molecule has 6 nitrogen and oxygen atoms in total. The molecule has 2 heterocycles. The van der Waals surface area contributed by atoms with Crippen molar-refractivity contribution in [3.05, 3.63) is 92.5 Å². The van der Waals surface area contributed by atoms with Gasteiger partial charge in [0, 0.05) is 25.2 Å². The summed E-state index contributed by atoms with van der Waals surface area (Å²) in [7, 11) is 1.97. The van der Waals surface area contributed by atoms with E-state index in [4.69, 9.17) is 32.7 Å². The first-order valence-electron chi connectivity index (χ1n) is 14.0. The second kappa shape index (κ2) is 12.2. The molecule has 0 fully saturated rings. The molecule has 0 bridgehead atoms. The molecule has 43 heavy (non-hydrogen) atoms. The summed E-state index contributed by atoms with van der Waals surface area (Å²) in [6.07, 6.45) is -4.01. The van der Waals surface area contributed by atoms with Crippen LogP contribution in [0.2, 0.25) is 10.0 Å². The number of halogens is 5. The van der Waals surface area contributed by atoms with Crippen LogP contribution in [0.4, 0.5) is 13.2 Å². The molecule has 0 aromatic heterocycles. The highest BCUT2D eigenvalue weighted by Crippen LogP contribution is 2.40. The molecule has 11 heteroatoms. The van der Waals surface area contributed by atoms with Crippen molar-refractivity contribution >= 4 is 29.2 Å². The maximum Gasteiger partial charge on any atom is 0.401 e. The topological polar surface area (TPSA) is 62.2 Å². The summed E-state index contributed by atoms with van der Waals surface area (Å²) in [6, 6.07) is 15.6. The molecule has 0 radical (unpaired) electrons. The van der Waals surface area contributed by atoms with E-state index < -0.39 is 30.3 Å². The van der Waals surface area contributed by atoms with Crippen LogP contribution in [-0.2, 0) is 29.9 Å². The third-order valence-corrected chi connectivity index (χ3v) is 8.79. The molecule has 0 saturated heterocycles. The smallest absolute Gasteiger partial charge is 0.401 e. The summed E-state index contributed by atoms with van der Waals surface area (Å²) in [5, 5.41) is 10.6. The first-order valence-corrected chi connectivity index (χ1v) is 14.8. The fourth-order valence-corrected chi connectivity index (χ4v) is 6.32. The zero-order chi connectivity index (χ0) is 31.1. The van der Waals surface area contributed by atoms with E-state index in [0.717, 1.165) is 33.6 Å². The fraction of sp³-hybridized carbons (Fsp3) is 0.406. The molecule has 2 aliphatic rings. The molecule has 0 spiro atoms. The van der Waals surface area contributed by atoms with Crippen molar-refractivity contribution in [1.29, 1.82) is 0 Å². The van der Waals surface area contributed by atoms with Crippen molar-refractivity contribution in [2.24, 2.45) is 0 Å². The maximum atomic E-state index is 13.3. The van der Waals surface area contributed by atoms with Crippen molar-refractivity contribution < 1.29 is 32.5 Å². The number of likely N-dealkylation sites (N-methyl/N-ethyl adjacent to an activating group) is 1.